The molecular formula is C14H29NO2. The molecule has 1 heterocycles. The Bertz CT molecular complexity index is 220. The number of hydrogen-bond acceptors (Lipinski definition) is 3. The first-order chi connectivity index (χ1) is 7.79. The predicted octanol–water partition coefficient (Wildman–Crippen LogP) is 3.04. The second kappa shape index (κ2) is 5.68. The van der Waals surface area contributed by atoms with E-state index in [1.54, 1.807) is 0 Å². The Balaban J connectivity index is 2.48. The lowest BCUT2D eigenvalue weighted by Crippen LogP contribution is -2.60. The van der Waals surface area contributed by atoms with E-state index in [0.29, 0.717) is 12.9 Å². The fourth-order valence-electron chi connectivity index (χ4n) is 2.75. The van der Waals surface area contributed by atoms with Gasteiger partial charge in [0.25, 0.3) is 0 Å². The Morgan fingerprint density at radius 1 is 1.12 bits per heavy atom. The lowest BCUT2D eigenvalue weighted by atomic mass is 9.79. The van der Waals surface area contributed by atoms with Crippen molar-refractivity contribution < 1.29 is 9.47 Å². The largest absolute Gasteiger partial charge is 0.355 e. The van der Waals surface area contributed by atoms with Crippen molar-refractivity contribution in [3.05, 3.63) is 0 Å². The molecular weight excluding hydrogens is 214 g/mol. The first-order valence-corrected chi connectivity index (χ1v) is 6.73. The van der Waals surface area contributed by atoms with Crippen molar-refractivity contribution in [1.82, 2.24) is 4.90 Å². The summed E-state index contributed by atoms with van der Waals surface area (Å²) in [6.45, 7) is 12.5. The van der Waals surface area contributed by atoms with Gasteiger partial charge in [0.2, 0.25) is 0 Å². The Morgan fingerprint density at radius 3 is 2.12 bits per heavy atom. The maximum Gasteiger partial charge on any atom is 0.147 e. The zero-order chi connectivity index (χ0) is 13.1. The van der Waals surface area contributed by atoms with Gasteiger partial charge in [0.05, 0.1) is 6.10 Å². The van der Waals surface area contributed by atoms with Crippen LogP contribution in [-0.4, -0.2) is 42.5 Å². The fraction of sp³-hybridized carbons (Fsp3) is 1.00. The monoisotopic (exact) mass is 243 g/mol. The summed E-state index contributed by atoms with van der Waals surface area (Å²) in [7, 11) is 2.21. The summed E-state index contributed by atoms with van der Waals surface area (Å²) in [6.07, 6.45) is 3.51. The van der Waals surface area contributed by atoms with E-state index in [1.165, 1.54) is 0 Å². The molecule has 0 N–H and O–H groups in total. The van der Waals surface area contributed by atoms with Gasteiger partial charge in [-0.05, 0) is 54.0 Å². The lowest BCUT2D eigenvalue weighted by molar-refractivity contribution is -0.143. The Kier molecular flexibility index (Phi) is 4.99. The number of likely N-dealkylation sites (tertiary alicyclic amines) is 1. The van der Waals surface area contributed by atoms with Gasteiger partial charge in [-0.25, -0.2) is 0 Å². The molecule has 0 aliphatic carbocycles. The third kappa shape index (κ3) is 3.94. The Labute approximate surface area is 106 Å². The van der Waals surface area contributed by atoms with Gasteiger partial charge in [-0.1, -0.05) is 6.92 Å². The third-order valence-corrected chi connectivity index (χ3v) is 4.01. The molecule has 1 saturated heterocycles. The summed E-state index contributed by atoms with van der Waals surface area (Å²) in [5.74, 6) is 0. The Morgan fingerprint density at radius 2 is 1.65 bits per heavy atom. The Hall–Kier alpha value is -0.120. The molecule has 0 spiro atoms. The number of rotatable bonds is 5. The molecule has 0 amide bonds. The van der Waals surface area contributed by atoms with Crippen molar-refractivity contribution in [3.63, 3.8) is 0 Å². The van der Waals surface area contributed by atoms with Crippen LogP contribution in [0.25, 0.3) is 0 Å². The van der Waals surface area contributed by atoms with Gasteiger partial charge in [-0.2, -0.15) is 0 Å². The van der Waals surface area contributed by atoms with Crippen molar-refractivity contribution in [2.45, 2.75) is 71.1 Å². The van der Waals surface area contributed by atoms with E-state index in [1.807, 2.05) is 0 Å². The molecule has 0 aromatic carbocycles. The van der Waals surface area contributed by atoms with Crippen LogP contribution in [-0.2, 0) is 9.47 Å². The molecule has 1 rings (SSSR count). The minimum absolute atomic E-state index is 0.192. The topological polar surface area (TPSA) is 21.7 Å². The normalized spacial score (nSPS) is 25.1. The first kappa shape index (κ1) is 14.9. The molecule has 0 bridgehead atoms. The van der Waals surface area contributed by atoms with E-state index in [9.17, 15) is 0 Å². The molecule has 0 aromatic heterocycles. The maximum absolute atomic E-state index is 5.86. The average molecular weight is 243 g/mol. The first-order valence-electron chi connectivity index (χ1n) is 6.73. The summed E-state index contributed by atoms with van der Waals surface area (Å²) in [5, 5.41) is 0. The van der Waals surface area contributed by atoms with Crippen molar-refractivity contribution in [1.29, 1.82) is 0 Å². The van der Waals surface area contributed by atoms with Crippen molar-refractivity contribution >= 4 is 0 Å². The molecule has 17 heavy (non-hydrogen) atoms. The standard InChI is InChI=1S/C14H29NO2/c1-7-8-16-11-17-12-9-13(2,3)15(6)14(4,5)10-12/h12H,7-11H2,1-6H3. The van der Waals surface area contributed by atoms with Crippen LogP contribution in [0, 0.1) is 0 Å². The second-order valence-electron chi connectivity index (χ2n) is 6.41. The highest BCUT2D eigenvalue weighted by Crippen LogP contribution is 2.37. The van der Waals surface area contributed by atoms with Crippen molar-refractivity contribution in [2.24, 2.45) is 0 Å². The van der Waals surface area contributed by atoms with Crippen LogP contribution in [0.15, 0.2) is 0 Å². The van der Waals surface area contributed by atoms with Crippen LogP contribution in [0.1, 0.15) is 53.9 Å². The van der Waals surface area contributed by atoms with Crippen molar-refractivity contribution in [2.75, 3.05) is 20.4 Å². The van der Waals surface area contributed by atoms with Gasteiger partial charge >= 0.3 is 0 Å². The zero-order valence-electron chi connectivity index (χ0n) is 12.4. The minimum Gasteiger partial charge on any atom is -0.355 e. The van der Waals surface area contributed by atoms with E-state index in [-0.39, 0.29) is 11.1 Å². The zero-order valence-corrected chi connectivity index (χ0v) is 12.4. The molecule has 1 aliphatic rings. The summed E-state index contributed by atoms with van der Waals surface area (Å²) < 4.78 is 11.3. The molecule has 1 fully saturated rings. The number of ether oxygens (including phenoxy) is 2. The summed E-state index contributed by atoms with van der Waals surface area (Å²) in [5.41, 5.74) is 0.383. The van der Waals surface area contributed by atoms with Crippen LogP contribution in [0.5, 0.6) is 0 Å². The highest BCUT2D eigenvalue weighted by Gasteiger charge is 2.43. The van der Waals surface area contributed by atoms with Gasteiger partial charge in [0, 0.05) is 17.7 Å². The van der Waals surface area contributed by atoms with Crippen LogP contribution in [0.2, 0.25) is 0 Å². The van der Waals surface area contributed by atoms with Crippen LogP contribution in [0.3, 0.4) is 0 Å². The fourth-order valence-corrected chi connectivity index (χ4v) is 2.75. The summed E-state index contributed by atoms with van der Waals surface area (Å²) >= 11 is 0. The van der Waals surface area contributed by atoms with E-state index in [2.05, 4.69) is 46.6 Å². The molecule has 0 unspecified atom stereocenters. The lowest BCUT2D eigenvalue weighted by Gasteiger charge is -2.53. The highest BCUT2D eigenvalue weighted by atomic mass is 16.7. The van der Waals surface area contributed by atoms with Crippen molar-refractivity contribution in [3.8, 4) is 0 Å². The molecule has 0 atom stereocenters. The average Bonchev–Trinajstić information content (AvgIpc) is 2.20. The SMILES string of the molecule is CCCOCOC1CC(C)(C)N(C)C(C)(C)C1. The van der Waals surface area contributed by atoms with E-state index in [4.69, 9.17) is 9.47 Å². The summed E-state index contributed by atoms with van der Waals surface area (Å²) in [6, 6.07) is 0. The number of piperidine rings is 1. The predicted molar refractivity (Wildman–Crippen MR) is 71.1 cm³/mol. The quantitative estimate of drug-likeness (QED) is 0.547. The van der Waals surface area contributed by atoms with Crippen LogP contribution in [0.4, 0.5) is 0 Å². The van der Waals surface area contributed by atoms with Gasteiger partial charge in [0.1, 0.15) is 6.79 Å². The van der Waals surface area contributed by atoms with Gasteiger partial charge in [-0.3, -0.25) is 4.90 Å². The van der Waals surface area contributed by atoms with E-state index >= 15 is 0 Å². The molecule has 1 aliphatic heterocycles. The third-order valence-electron chi connectivity index (χ3n) is 4.01. The highest BCUT2D eigenvalue weighted by molar-refractivity contribution is 4.98. The van der Waals surface area contributed by atoms with E-state index in [0.717, 1.165) is 25.9 Å². The van der Waals surface area contributed by atoms with Gasteiger partial charge < -0.3 is 9.47 Å². The maximum atomic E-state index is 5.86. The molecule has 102 valence electrons. The molecule has 0 saturated carbocycles. The van der Waals surface area contributed by atoms with E-state index < -0.39 is 0 Å². The molecule has 3 heteroatoms. The number of hydrogen-bond donors (Lipinski definition) is 0. The smallest absolute Gasteiger partial charge is 0.147 e. The van der Waals surface area contributed by atoms with Gasteiger partial charge in [-0.15, -0.1) is 0 Å². The second-order valence-corrected chi connectivity index (χ2v) is 6.41. The summed E-state index contributed by atoms with van der Waals surface area (Å²) in [4.78, 5) is 2.47. The van der Waals surface area contributed by atoms with Crippen LogP contribution < -0.4 is 0 Å². The van der Waals surface area contributed by atoms with Gasteiger partial charge in [0.15, 0.2) is 0 Å². The molecule has 3 nitrogen and oxygen atoms in total. The van der Waals surface area contributed by atoms with Crippen LogP contribution >= 0.6 is 0 Å². The minimum atomic E-state index is 0.192. The number of nitrogens with zero attached hydrogens (tertiary/aromatic N) is 1. The molecule has 0 radical (unpaired) electrons. The molecule has 0 aromatic rings.